The number of carbonyl (C=O) groups is 2. The van der Waals surface area contributed by atoms with E-state index in [9.17, 15) is 9.59 Å². The number of hydrogen-bond acceptors (Lipinski definition) is 4. The molecule has 0 spiro atoms. The van der Waals surface area contributed by atoms with Crippen LogP contribution in [0.15, 0.2) is 22.7 Å². The summed E-state index contributed by atoms with van der Waals surface area (Å²) in [6.07, 6.45) is 1.62. The monoisotopic (exact) mass is 196 g/mol. The fraction of sp³-hybridized carbons (Fsp3) is 0.125. The van der Waals surface area contributed by atoms with Gasteiger partial charge in [0.05, 0.1) is 5.69 Å². The zero-order valence-corrected chi connectivity index (χ0v) is 7.35. The highest BCUT2D eigenvalue weighted by Crippen LogP contribution is 2.07. The van der Waals surface area contributed by atoms with Gasteiger partial charge in [0.1, 0.15) is 0 Å². The third kappa shape index (κ3) is 3.10. The first-order valence-electron chi connectivity index (χ1n) is 3.73. The summed E-state index contributed by atoms with van der Waals surface area (Å²) in [7, 11) is 0. The van der Waals surface area contributed by atoms with E-state index in [0.29, 0.717) is 5.69 Å². The lowest BCUT2D eigenvalue weighted by molar-refractivity contribution is -0.131. The molecule has 0 bridgehead atoms. The molecule has 1 aromatic heterocycles. The van der Waals surface area contributed by atoms with Crippen molar-refractivity contribution in [3.63, 3.8) is 0 Å². The molecule has 6 heteroatoms. The van der Waals surface area contributed by atoms with Crippen molar-refractivity contribution in [2.24, 2.45) is 0 Å². The number of anilines is 1. The topological polar surface area (TPSA) is 92.4 Å². The Bertz CT molecular complexity index is 380. The van der Waals surface area contributed by atoms with Crippen LogP contribution < -0.4 is 5.32 Å². The Morgan fingerprint density at radius 1 is 1.57 bits per heavy atom. The Labute approximate surface area is 79.2 Å². The standard InChI is InChI=1S/C8H8N2O4/c1-5-4-7(14-10-5)9-6(11)2-3-8(12)13/h2-4H,1H3,(H,9,11)(H,12,13)/b3-2-. The molecule has 6 nitrogen and oxygen atoms in total. The number of hydrogen-bond donors (Lipinski definition) is 2. The van der Waals surface area contributed by atoms with E-state index >= 15 is 0 Å². The Morgan fingerprint density at radius 2 is 2.29 bits per heavy atom. The molecule has 0 atom stereocenters. The Hall–Kier alpha value is -2.11. The predicted molar refractivity (Wildman–Crippen MR) is 46.6 cm³/mol. The molecule has 1 aromatic rings. The Morgan fingerprint density at radius 3 is 2.79 bits per heavy atom. The van der Waals surface area contributed by atoms with Crippen LogP contribution in [0.1, 0.15) is 5.69 Å². The summed E-state index contributed by atoms with van der Waals surface area (Å²) in [4.78, 5) is 21.0. The molecule has 0 saturated carbocycles. The number of carboxylic acid groups (broad SMARTS) is 1. The first-order valence-corrected chi connectivity index (χ1v) is 3.73. The fourth-order valence-corrected chi connectivity index (χ4v) is 0.733. The van der Waals surface area contributed by atoms with Gasteiger partial charge in [-0.3, -0.25) is 10.1 Å². The number of nitrogens with zero attached hydrogens (tertiary/aromatic N) is 1. The Kier molecular flexibility index (Phi) is 3.01. The average molecular weight is 196 g/mol. The maximum absolute atomic E-state index is 11.0. The first-order chi connectivity index (χ1) is 6.58. The molecule has 0 radical (unpaired) electrons. The molecule has 14 heavy (non-hydrogen) atoms. The van der Waals surface area contributed by atoms with Crippen LogP contribution in [0, 0.1) is 6.92 Å². The van der Waals surface area contributed by atoms with E-state index in [1.807, 2.05) is 0 Å². The zero-order chi connectivity index (χ0) is 10.6. The van der Waals surface area contributed by atoms with Gasteiger partial charge in [0.25, 0.3) is 5.91 Å². The van der Waals surface area contributed by atoms with Crippen LogP contribution in [0.4, 0.5) is 5.88 Å². The zero-order valence-electron chi connectivity index (χ0n) is 7.35. The minimum atomic E-state index is -1.19. The molecule has 0 fully saturated rings. The van der Waals surface area contributed by atoms with Gasteiger partial charge in [-0.2, -0.15) is 0 Å². The second-order valence-corrected chi connectivity index (χ2v) is 2.49. The van der Waals surface area contributed by atoms with Gasteiger partial charge in [0, 0.05) is 18.2 Å². The lowest BCUT2D eigenvalue weighted by Gasteiger charge is -1.92. The largest absolute Gasteiger partial charge is 0.478 e. The summed E-state index contributed by atoms with van der Waals surface area (Å²) in [6.45, 7) is 1.70. The Balaban J connectivity index is 2.53. The molecule has 0 saturated heterocycles. The van der Waals surface area contributed by atoms with Crippen molar-refractivity contribution in [1.82, 2.24) is 5.16 Å². The summed E-state index contributed by atoms with van der Waals surface area (Å²) in [5, 5.41) is 14.1. The van der Waals surface area contributed by atoms with Gasteiger partial charge in [0.15, 0.2) is 0 Å². The van der Waals surface area contributed by atoms with Crippen LogP contribution in [0.3, 0.4) is 0 Å². The molecule has 74 valence electrons. The molecule has 1 rings (SSSR count). The maximum Gasteiger partial charge on any atom is 0.328 e. The van der Waals surface area contributed by atoms with Crippen molar-refractivity contribution < 1.29 is 19.2 Å². The lowest BCUT2D eigenvalue weighted by atomic mass is 10.4. The van der Waals surface area contributed by atoms with Crippen molar-refractivity contribution in [3.05, 3.63) is 23.9 Å². The van der Waals surface area contributed by atoms with Crippen molar-refractivity contribution in [1.29, 1.82) is 0 Å². The molecule has 0 aliphatic carbocycles. The summed E-state index contributed by atoms with van der Waals surface area (Å²) < 4.78 is 4.68. The number of aryl methyl sites for hydroxylation is 1. The number of nitrogens with one attached hydrogen (secondary N) is 1. The van der Waals surface area contributed by atoms with E-state index in [-0.39, 0.29) is 5.88 Å². The van der Waals surface area contributed by atoms with Gasteiger partial charge in [-0.05, 0) is 6.92 Å². The van der Waals surface area contributed by atoms with Crippen molar-refractivity contribution in [3.8, 4) is 0 Å². The van der Waals surface area contributed by atoms with Gasteiger partial charge in [-0.25, -0.2) is 4.79 Å². The van der Waals surface area contributed by atoms with Crippen LogP contribution in [-0.4, -0.2) is 22.1 Å². The molecular weight excluding hydrogens is 188 g/mol. The molecule has 2 N–H and O–H groups in total. The minimum Gasteiger partial charge on any atom is -0.478 e. The van der Waals surface area contributed by atoms with Gasteiger partial charge >= 0.3 is 5.97 Å². The van der Waals surface area contributed by atoms with Crippen LogP contribution in [0.25, 0.3) is 0 Å². The first kappa shape index (κ1) is 9.97. The van der Waals surface area contributed by atoms with Crippen molar-refractivity contribution in [2.75, 3.05) is 5.32 Å². The number of carbonyl (C=O) groups excluding carboxylic acids is 1. The fourth-order valence-electron chi connectivity index (χ4n) is 0.733. The summed E-state index contributed by atoms with van der Waals surface area (Å²) in [6, 6.07) is 1.52. The third-order valence-electron chi connectivity index (χ3n) is 1.25. The predicted octanol–water partition coefficient (Wildman–Crippen LogP) is 0.562. The SMILES string of the molecule is Cc1cc(NC(=O)/C=C\C(=O)O)on1. The average Bonchev–Trinajstić information content (AvgIpc) is 2.48. The van der Waals surface area contributed by atoms with E-state index in [0.717, 1.165) is 12.2 Å². The second kappa shape index (κ2) is 4.22. The highest BCUT2D eigenvalue weighted by Gasteiger charge is 2.03. The number of aromatic nitrogens is 1. The molecule has 1 heterocycles. The highest BCUT2D eigenvalue weighted by molar-refractivity contribution is 6.01. The quantitative estimate of drug-likeness (QED) is 0.689. The summed E-state index contributed by atoms with van der Waals surface area (Å²) in [5.41, 5.74) is 0.627. The van der Waals surface area contributed by atoms with Crippen LogP contribution in [-0.2, 0) is 9.59 Å². The van der Waals surface area contributed by atoms with Crippen molar-refractivity contribution >= 4 is 17.8 Å². The van der Waals surface area contributed by atoms with E-state index in [1.54, 1.807) is 6.92 Å². The van der Waals surface area contributed by atoms with Crippen LogP contribution in [0.5, 0.6) is 0 Å². The number of aliphatic carboxylic acids is 1. The van der Waals surface area contributed by atoms with Gasteiger partial charge in [-0.1, -0.05) is 5.16 Å². The smallest absolute Gasteiger partial charge is 0.328 e. The number of rotatable bonds is 3. The van der Waals surface area contributed by atoms with Gasteiger partial charge < -0.3 is 9.63 Å². The van der Waals surface area contributed by atoms with Crippen molar-refractivity contribution in [2.45, 2.75) is 6.92 Å². The summed E-state index contributed by atoms with van der Waals surface area (Å²) >= 11 is 0. The summed E-state index contributed by atoms with van der Waals surface area (Å²) in [5.74, 6) is -1.58. The minimum absolute atomic E-state index is 0.183. The van der Waals surface area contributed by atoms with Crippen LogP contribution in [0.2, 0.25) is 0 Å². The van der Waals surface area contributed by atoms with E-state index in [4.69, 9.17) is 5.11 Å². The van der Waals surface area contributed by atoms with Gasteiger partial charge in [0.2, 0.25) is 5.88 Å². The highest BCUT2D eigenvalue weighted by atomic mass is 16.5. The van der Waals surface area contributed by atoms with E-state index in [1.165, 1.54) is 6.07 Å². The molecule has 0 aromatic carbocycles. The number of carboxylic acids is 1. The maximum atomic E-state index is 11.0. The van der Waals surface area contributed by atoms with Crippen LogP contribution >= 0.6 is 0 Å². The lowest BCUT2D eigenvalue weighted by Crippen LogP contribution is -2.07. The molecule has 1 amide bonds. The van der Waals surface area contributed by atoms with E-state index < -0.39 is 11.9 Å². The second-order valence-electron chi connectivity index (χ2n) is 2.49. The van der Waals surface area contributed by atoms with E-state index in [2.05, 4.69) is 15.0 Å². The van der Waals surface area contributed by atoms with Gasteiger partial charge in [-0.15, -0.1) is 0 Å². The molecule has 0 aliphatic heterocycles. The number of amides is 1. The molecule has 0 aliphatic rings. The normalized spacial score (nSPS) is 10.4. The molecular formula is C8H8N2O4. The third-order valence-corrected chi connectivity index (χ3v) is 1.25. The molecule has 0 unspecified atom stereocenters.